The predicted octanol–water partition coefficient (Wildman–Crippen LogP) is 2.57. The predicted molar refractivity (Wildman–Crippen MR) is 119 cm³/mol. The zero-order chi connectivity index (χ0) is 22.7. The molecular weight excluding hydrogens is 432 g/mol. The van der Waals surface area contributed by atoms with Crippen molar-refractivity contribution in [3.8, 4) is 5.75 Å². The van der Waals surface area contributed by atoms with Crippen LogP contribution in [0.3, 0.4) is 0 Å². The molecule has 1 atom stereocenters. The summed E-state index contributed by atoms with van der Waals surface area (Å²) in [6.07, 6.45) is 2.32. The lowest BCUT2D eigenvalue weighted by atomic mass is 10.1. The Hall–Kier alpha value is -2.20. The molecule has 2 fully saturated rings. The number of carbonyl (C=O) groups excluding carboxylic acids is 1. The summed E-state index contributed by atoms with van der Waals surface area (Å²) in [4.78, 5) is 13.0. The van der Waals surface area contributed by atoms with Crippen molar-refractivity contribution >= 4 is 15.8 Å². The molecule has 32 heavy (non-hydrogen) atoms. The van der Waals surface area contributed by atoms with Gasteiger partial charge in [-0.25, -0.2) is 8.42 Å². The third-order valence-electron chi connectivity index (χ3n) is 6.09. The van der Waals surface area contributed by atoms with E-state index in [1.54, 1.807) is 12.1 Å². The summed E-state index contributed by atoms with van der Waals surface area (Å²) in [5.41, 5.74) is 2.59. The van der Waals surface area contributed by atoms with E-state index in [0.29, 0.717) is 37.6 Å². The number of Topliss-reactive ketones (excluding diaryl/α,β-unsaturated/α-hetero) is 1. The number of benzene rings is 1. The summed E-state index contributed by atoms with van der Waals surface area (Å²) < 4.78 is 45.6. The first-order chi connectivity index (χ1) is 15.4. The van der Waals surface area contributed by atoms with Gasteiger partial charge in [-0.15, -0.1) is 0 Å². The fourth-order valence-corrected chi connectivity index (χ4v) is 5.63. The molecule has 174 valence electrons. The van der Waals surface area contributed by atoms with Gasteiger partial charge in [0.25, 0.3) is 0 Å². The molecule has 2 aromatic rings. The molecule has 9 heteroatoms. The van der Waals surface area contributed by atoms with Gasteiger partial charge in [-0.1, -0.05) is 0 Å². The largest absolute Gasteiger partial charge is 0.485 e. The van der Waals surface area contributed by atoms with Crippen molar-refractivity contribution in [2.45, 2.75) is 44.2 Å². The number of rotatable bonds is 8. The van der Waals surface area contributed by atoms with Crippen molar-refractivity contribution in [1.82, 2.24) is 8.87 Å². The van der Waals surface area contributed by atoms with Gasteiger partial charge in [0.1, 0.15) is 5.75 Å². The van der Waals surface area contributed by atoms with Crippen LogP contribution in [0.15, 0.2) is 35.2 Å². The van der Waals surface area contributed by atoms with Crippen molar-refractivity contribution in [3.05, 3.63) is 47.3 Å². The quantitative estimate of drug-likeness (QED) is 0.561. The smallest absolute Gasteiger partial charge is 0.243 e. The van der Waals surface area contributed by atoms with E-state index >= 15 is 0 Å². The second-order valence-electron chi connectivity index (χ2n) is 8.23. The SMILES string of the molecule is Cc1cc(C(=O)COc2ccc(S(=O)(=O)N3CCOCC3)cc2)c(C)n1C[C@H]1CCCO1. The third-order valence-corrected chi connectivity index (χ3v) is 8.00. The molecule has 0 aliphatic carbocycles. The van der Waals surface area contributed by atoms with Gasteiger partial charge in [0.05, 0.1) is 24.2 Å². The van der Waals surface area contributed by atoms with Gasteiger partial charge in [-0.2, -0.15) is 4.31 Å². The minimum absolute atomic E-state index is 0.110. The van der Waals surface area contributed by atoms with Gasteiger partial charge in [-0.05, 0) is 57.0 Å². The average molecular weight is 463 g/mol. The zero-order valence-electron chi connectivity index (χ0n) is 18.6. The number of ether oxygens (including phenoxy) is 3. The number of ketones is 1. The van der Waals surface area contributed by atoms with Gasteiger partial charge >= 0.3 is 0 Å². The Balaban J connectivity index is 1.38. The molecule has 1 aromatic heterocycles. The Morgan fingerprint density at radius 2 is 1.84 bits per heavy atom. The monoisotopic (exact) mass is 462 g/mol. The van der Waals surface area contributed by atoms with Crippen molar-refractivity contribution in [1.29, 1.82) is 0 Å². The van der Waals surface area contributed by atoms with Crippen LogP contribution in [0.2, 0.25) is 0 Å². The molecule has 0 spiro atoms. The number of nitrogens with zero attached hydrogens (tertiary/aromatic N) is 2. The number of sulfonamides is 1. The molecule has 0 bridgehead atoms. The molecule has 1 aromatic carbocycles. The molecule has 2 aliphatic heterocycles. The lowest BCUT2D eigenvalue weighted by Gasteiger charge is -2.26. The molecule has 4 rings (SSSR count). The lowest BCUT2D eigenvalue weighted by Crippen LogP contribution is -2.40. The molecule has 2 saturated heterocycles. The Labute approximate surface area is 189 Å². The molecule has 3 heterocycles. The van der Waals surface area contributed by atoms with E-state index in [0.717, 1.165) is 37.4 Å². The first-order valence-electron chi connectivity index (χ1n) is 11.0. The van der Waals surface area contributed by atoms with Crippen molar-refractivity contribution in [2.75, 3.05) is 39.5 Å². The summed E-state index contributed by atoms with van der Waals surface area (Å²) in [5, 5.41) is 0. The molecule has 0 N–H and O–H groups in total. The van der Waals surface area contributed by atoms with Crippen LogP contribution in [0.1, 0.15) is 34.6 Å². The van der Waals surface area contributed by atoms with Crippen molar-refractivity contribution < 1.29 is 27.4 Å². The Bertz CT molecular complexity index is 1050. The Kier molecular flexibility index (Phi) is 6.99. The van der Waals surface area contributed by atoms with Crippen LogP contribution in [-0.4, -0.2) is 68.7 Å². The fraction of sp³-hybridized carbons (Fsp3) is 0.522. The number of hydrogen-bond acceptors (Lipinski definition) is 6. The third kappa shape index (κ3) is 4.91. The standard InChI is InChI=1S/C23H30N2O6S/c1-17-14-22(18(2)25(17)15-20-4-3-11-30-20)23(26)16-31-19-5-7-21(8-6-19)32(27,28)24-9-12-29-13-10-24/h5-8,14,20H,3-4,9-13,15-16H2,1-2H3/t20-/m1/s1. The number of aromatic nitrogens is 1. The number of carbonyl (C=O) groups is 1. The number of aryl methyl sites for hydroxylation is 1. The molecule has 0 unspecified atom stereocenters. The van der Waals surface area contributed by atoms with Crippen molar-refractivity contribution in [2.24, 2.45) is 0 Å². The van der Waals surface area contributed by atoms with Gasteiger partial charge in [0.15, 0.2) is 6.61 Å². The van der Waals surface area contributed by atoms with E-state index in [1.165, 1.54) is 16.4 Å². The molecular formula is C23H30N2O6S. The first-order valence-corrected chi connectivity index (χ1v) is 12.4. The van der Waals surface area contributed by atoms with E-state index in [-0.39, 0.29) is 23.4 Å². The van der Waals surface area contributed by atoms with Crippen LogP contribution in [0.4, 0.5) is 0 Å². The fourth-order valence-electron chi connectivity index (χ4n) is 4.23. The summed E-state index contributed by atoms with van der Waals surface area (Å²) in [6, 6.07) is 8.09. The molecule has 8 nitrogen and oxygen atoms in total. The summed E-state index contributed by atoms with van der Waals surface area (Å²) in [5.74, 6) is 0.342. The summed E-state index contributed by atoms with van der Waals surface area (Å²) >= 11 is 0. The number of morpholine rings is 1. The maximum Gasteiger partial charge on any atom is 0.243 e. The van der Waals surface area contributed by atoms with Gasteiger partial charge in [-0.3, -0.25) is 4.79 Å². The van der Waals surface area contributed by atoms with E-state index in [1.807, 2.05) is 19.9 Å². The molecule has 2 aliphatic rings. The molecule has 0 amide bonds. The molecule has 0 saturated carbocycles. The van der Waals surface area contributed by atoms with Gasteiger partial charge in [0, 0.05) is 43.2 Å². The summed E-state index contributed by atoms with van der Waals surface area (Å²) in [6.45, 7) is 6.88. The van der Waals surface area contributed by atoms with Gasteiger partial charge in [0.2, 0.25) is 15.8 Å². The van der Waals surface area contributed by atoms with Crippen LogP contribution in [0, 0.1) is 13.8 Å². The highest BCUT2D eigenvalue weighted by Crippen LogP contribution is 2.23. The topological polar surface area (TPSA) is 87.1 Å². The maximum atomic E-state index is 12.8. The Morgan fingerprint density at radius 3 is 2.50 bits per heavy atom. The zero-order valence-corrected chi connectivity index (χ0v) is 19.4. The first kappa shape index (κ1) is 23.0. The summed E-state index contributed by atoms with van der Waals surface area (Å²) in [7, 11) is -3.55. The van der Waals surface area contributed by atoms with Crippen LogP contribution in [0.25, 0.3) is 0 Å². The van der Waals surface area contributed by atoms with Crippen LogP contribution in [-0.2, 0) is 26.0 Å². The maximum absolute atomic E-state index is 12.8. The van der Waals surface area contributed by atoms with Gasteiger partial charge < -0.3 is 18.8 Å². The van der Waals surface area contributed by atoms with Crippen LogP contribution < -0.4 is 4.74 Å². The van der Waals surface area contributed by atoms with E-state index in [9.17, 15) is 13.2 Å². The number of hydrogen-bond donors (Lipinski definition) is 0. The molecule has 0 radical (unpaired) electrons. The van der Waals surface area contributed by atoms with E-state index in [4.69, 9.17) is 14.2 Å². The second-order valence-corrected chi connectivity index (χ2v) is 10.2. The van der Waals surface area contributed by atoms with Crippen LogP contribution >= 0.6 is 0 Å². The highest BCUT2D eigenvalue weighted by molar-refractivity contribution is 7.89. The minimum atomic E-state index is -3.55. The highest BCUT2D eigenvalue weighted by Gasteiger charge is 2.26. The minimum Gasteiger partial charge on any atom is -0.485 e. The van der Waals surface area contributed by atoms with Crippen LogP contribution in [0.5, 0.6) is 5.75 Å². The van der Waals surface area contributed by atoms with E-state index < -0.39 is 10.0 Å². The van der Waals surface area contributed by atoms with Crippen molar-refractivity contribution in [3.63, 3.8) is 0 Å². The van der Waals surface area contributed by atoms with E-state index in [2.05, 4.69) is 4.57 Å². The highest BCUT2D eigenvalue weighted by atomic mass is 32.2. The average Bonchev–Trinajstić information content (AvgIpc) is 3.42. The Morgan fingerprint density at radius 1 is 1.12 bits per heavy atom. The lowest BCUT2D eigenvalue weighted by molar-refractivity contribution is 0.0730. The normalized spacial score (nSPS) is 19.9. The second kappa shape index (κ2) is 9.74.